The second-order valence-corrected chi connectivity index (χ2v) is 9.18. The minimum Gasteiger partial charge on any atom is -0.487 e. The molecule has 1 saturated carbocycles. The lowest BCUT2D eigenvalue weighted by atomic mass is 9.75. The van der Waals surface area contributed by atoms with Crippen LogP contribution >= 0.6 is 0 Å². The zero-order chi connectivity index (χ0) is 19.2. The van der Waals surface area contributed by atoms with Crippen molar-refractivity contribution >= 4 is 12.6 Å². The highest BCUT2D eigenvalue weighted by Crippen LogP contribution is 2.37. The quantitative estimate of drug-likeness (QED) is 0.738. The zero-order valence-corrected chi connectivity index (χ0v) is 17.0. The Morgan fingerprint density at radius 3 is 2.33 bits per heavy atom. The van der Waals surface area contributed by atoms with Crippen LogP contribution in [0.15, 0.2) is 18.2 Å². The van der Waals surface area contributed by atoms with E-state index < -0.39 is 6.17 Å². The van der Waals surface area contributed by atoms with E-state index in [1.54, 1.807) is 0 Å². The van der Waals surface area contributed by atoms with Crippen molar-refractivity contribution in [2.45, 2.75) is 83.4 Å². The first-order chi connectivity index (χ1) is 12.7. The molecule has 148 valence electrons. The molecule has 2 atom stereocenters. The summed E-state index contributed by atoms with van der Waals surface area (Å²) in [7, 11) is -0.390. The fourth-order valence-electron chi connectivity index (χ4n) is 3.91. The van der Waals surface area contributed by atoms with E-state index in [4.69, 9.17) is 14.0 Å². The van der Waals surface area contributed by atoms with Crippen LogP contribution in [0.25, 0.3) is 0 Å². The monoisotopic (exact) mass is 375 g/mol. The van der Waals surface area contributed by atoms with E-state index in [1.807, 2.05) is 12.1 Å². The van der Waals surface area contributed by atoms with Gasteiger partial charge in [0.2, 0.25) is 0 Å². The molecular weight excluding hydrogens is 344 g/mol. The summed E-state index contributed by atoms with van der Waals surface area (Å²) < 4.78 is 32.1. The summed E-state index contributed by atoms with van der Waals surface area (Å²) in [6, 6.07) is 6.03. The van der Waals surface area contributed by atoms with Crippen LogP contribution in [0.3, 0.4) is 0 Å². The van der Waals surface area contributed by atoms with Gasteiger partial charge in [-0.05, 0) is 89.6 Å². The van der Waals surface area contributed by atoms with E-state index in [1.165, 1.54) is 12.8 Å². The Bertz CT molecular complexity index is 674. The summed E-state index contributed by atoms with van der Waals surface area (Å²) in [6.45, 7) is 11.4. The Morgan fingerprint density at radius 1 is 1.11 bits per heavy atom. The summed E-state index contributed by atoms with van der Waals surface area (Å²) in [5.74, 6) is 0.747. The largest absolute Gasteiger partial charge is 0.495 e. The van der Waals surface area contributed by atoms with Crippen LogP contribution in [0.5, 0.6) is 5.75 Å². The van der Waals surface area contributed by atoms with Gasteiger partial charge >= 0.3 is 7.12 Å². The predicted molar refractivity (Wildman–Crippen MR) is 105 cm³/mol. The van der Waals surface area contributed by atoms with Crippen LogP contribution < -0.4 is 10.2 Å². The number of alkyl halides is 1. The van der Waals surface area contributed by atoms with E-state index >= 15 is 0 Å². The molecule has 3 aliphatic rings. The molecule has 6 heteroatoms. The maximum Gasteiger partial charge on any atom is 0.495 e. The highest BCUT2D eigenvalue weighted by Gasteiger charge is 2.52. The van der Waals surface area contributed by atoms with Gasteiger partial charge in [0.05, 0.1) is 11.2 Å². The molecule has 0 N–H and O–H groups in total. The number of hydrogen-bond acceptors (Lipinski definition) is 4. The van der Waals surface area contributed by atoms with E-state index in [-0.39, 0.29) is 24.4 Å². The lowest BCUT2D eigenvalue weighted by Crippen LogP contribution is -2.41. The van der Waals surface area contributed by atoms with Gasteiger partial charge in [-0.25, -0.2) is 4.39 Å². The molecule has 27 heavy (non-hydrogen) atoms. The first-order valence-corrected chi connectivity index (χ1v) is 10.3. The van der Waals surface area contributed by atoms with Gasteiger partial charge in [-0.2, -0.15) is 0 Å². The second kappa shape index (κ2) is 7.05. The lowest BCUT2D eigenvalue weighted by molar-refractivity contribution is 0.00578. The summed E-state index contributed by atoms with van der Waals surface area (Å²) in [4.78, 5) is 2.45. The normalized spacial score (nSPS) is 29.7. The average molecular weight is 375 g/mol. The summed E-state index contributed by atoms with van der Waals surface area (Å²) >= 11 is 0. The van der Waals surface area contributed by atoms with Crippen molar-refractivity contribution in [2.75, 3.05) is 13.1 Å². The van der Waals surface area contributed by atoms with Crippen molar-refractivity contribution in [3.05, 3.63) is 23.8 Å². The van der Waals surface area contributed by atoms with Gasteiger partial charge in [-0.1, -0.05) is 6.07 Å². The number of nitrogens with zero attached hydrogens (tertiary/aromatic N) is 1. The molecule has 2 aliphatic heterocycles. The molecule has 1 aromatic rings. The molecule has 0 bridgehead atoms. The second-order valence-electron chi connectivity index (χ2n) is 9.18. The fourth-order valence-corrected chi connectivity index (χ4v) is 3.91. The summed E-state index contributed by atoms with van der Waals surface area (Å²) in [5.41, 5.74) is 1.47. The van der Waals surface area contributed by atoms with Gasteiger partial charge in [0.15, 0.2) is 0 Å². The Labute approximate surface area is 162 Å². The van der Waals surface area contributed by atoms with Crippen molar-refractivity contribution in [1.29, 1.82) is 0 Å². The van der Waals surface area contributed by atoms with Gasteiger partial charge in [-0.3, -0.25) is 4.90 Å². The molecule has 2 heterocycles. The van der Waals surface area contributed by atoms with Crippen LogP contribution in [0, 0.1) is 0 Å². The third-order valence-electron chi connectivity index (χ3n) is 6.63. The average Bonchev–Trinajstić information content (AvgIpc) is 3.17. The minimum absolute atomic E-state index is 0.299. The number of halogens is 1. The maximum absolute atomic E-state index is 13.6. The van der Waals surface area contributed by atoms with Crippen molar-refractivity contribution in [2.24, 2.45) is 0 Å². The van der Waals surface area contributed by atoms with Crippen LogP contribution in [0.2, 0.25) is 0 Å². The van der Waals surface area contributed by atoms with Gasteiger partial charge in [0, 0.05) is 6.54 Å². The Balaban J connectivity index is 1.59. The molecular formula is C21H31BFNO3. The SMILES string of the molecule is CC1(C)OB(c2ccc(O[C@H]3CCC3F)cc2CN2CCCC2)OC1(C)C. The van der Waals surface area contributed by atoms with E-state index in [9.17, 15) is 4.39 Å². The minimum atomic E-state index is -0.838. The number of likely N-dealkylation sites (tertiary alicyclic amines) is 1. The van der Waals surface area contributed by atoms with E-state index in [2.05, 4.69) is 38.7 Å². The Hall–Kier alpha value is -1.11. The van der Waals surface area contributed by atoms with Gasteiger partial charge in [0.1, 0.15) is 18.0 Å². The maximum atomic E-state index is 13.6. The van der Waals surface area contributed by atoms with E-state index in [0.29, 0.717) is 6.42 Å². The third-order valence-corrected chi connectivity index (χ3v) is 6.63. The molecule has 1 unspecified atom stereocenters. The van der Waals surface area contributed by atoms with Crippen LogP contribution in [0.1, 0.15) is 58.9 Å². The molecule has 0 aromatic heterocycles. The van der Waals surface area contributed by atoms with Gasteiger partial charge < -0.3 is 14.0 Å². The van der Waals surface area contributed by atoms with Crippen LogP contribution in [-0.2, 0) is 15.9 Å². The fraction of sp³-hybridized carbons (Fsp3) is 0.714. The summed E-state index contributed by atoms with van der Waals surface area (Å²) in [5, 5.41) is 0. The van der Waals surface area contributed by atoms with Crippen LogP contribution in [0.4, 0.5) is 4.39 Å². The summed E-state index contributed by atoms with van der Waals surface area (Å²) in [6.07, 6.45) is 2.75. The van der Waals surface area contributed by atoms with Crippen molar-refractivity contribution < 1.29 is 18.4 Å². The number of rotatable bonds is 5. The van der Waals surface area contributed by atoms with Crippen molar-refractivity contribution in [3.63, 3.8) is 0 Å². The molecule has 3 fully saturated rings. The smallest absolute Gasteiger partial charge is 0.487 e. The number of ether oxygens (including phenoxy) is 1. The highest BCUT2D eigenvalue weighted by molar-refractivity contribution is 6.62. The van der Waals surface area contributed by atoms with Crippen molar-refractivity contribution in [3.8, 4) is 5.75 Å². The van der Waals surface area contributed by atoms with Gasteiger partial charge in [0.25, 0.3) is 0 Å². The lowest BCUT2D eigenvalue weighted by Gasteiger charge is -2.32. The molecule has 2 saturated heterocycles. The number of hydrogen-bond donors (Lipinski definition) is 0. The first-order valence-electron chi connectivity index (χ1n) is 10.3. The number of benzene rings is 1. The zero-order valence-electron chi connectivity index (χ0n) is 17.0. The standard InChI is InChI=1S/C21H31BFNO3/c1-20(2)21(3,4)27-22(26-20)17-8-7-16(25-19-10-9-18(19)23)13-15(17)14-24-11-5-6-12-24/h7-8,13,18-19H,5-6,9-12,14H2,1-4H3/t18?,19-/m0/s1. The molecule has 0 amide bonds. The third kappa shape index (κ3) is 3.76. The Morgan fingerprint density at radius 2 is 1.78 bits per heavy atom. The molecule has 0 spiro atoms. The van der Waals surface area contributed by atoms with E-state index in [0.717, 1.165) is 42.8 Å². The first kappa shape index (κ1) is 19.2. The molecule has 0 radical (unpaired) electrons. The molecule has 4 nitrogen and oxygen atoms in total. The molecule has 4 rings (SSSR count). The predicted octanol–water partition coefficient (Wildman–Crippen LogP) is 3.46. The topological polar surface area (TPSA) is 30.9 Å². The van der Waals surface area contributed by atoms with Gasteiger partial charge in [-0.15, -0.1) is 0 Å². The van der Waals surface area contributed by atoms with Crippen LogP contribution in [-0.4, -0.2) is 48.6 Å². The Kier molecular flexibility index (Phi) is 5.02. The highest BCUT2D eigenvalue weighted by atomic mass is 19.1. The molecule has 1 aromatic carbocycles. The molecule has 1 aliphatic carbocycles. The van der Waals surface area contributed by atoms with Crippen molar-refractivity contribution in [1.82, 2.24) is 4.90 Å².